The highest BCUT2D eigenvalue weighted by Gasteiger charge is 2.56. The van der Waals surface area contributed by atoms with Gasteiger partial charge in [0.25, 0.3) is 0 Å². The zero-order chi connectivity index (χ0) is 20.9. The maximum atomic E-state index is 13.1. The number of allylic oxidation sites excluding steroid dienone is 3. The second kappa shape index (κ2) is 7.33. The van der Waals surface area contributed by atoms with Crippen molar-refractivity contribution < 1.29 is 9.50 Å². The molecule has 0 aliphatic heterocycles. The first-order chi connectivity index (χ1) is 14.4. The Morgan fingerprint density at radius 3 is 2.60 bits per heavy atom. The van der Waals surface area contributed by atoms with Gasteiger partial charge in [-0.05, 0) is 85.8 Å². The third kappa shape index (κ3) is 3.15. The molecule has 0 saturated heterocycles. The summed E-state index contributed by atoms with van der Waals surface area (Å²) in [6.07, 6.45) is 14.1. The summed E-state index contributed by atoms with van der Waals surface area (Å²) in [5.74, 6) is 1.88. The summed E-state index contributed by atoms with van der Waals surface area (Å²) in [4.78, 5) is 0. The van der Waals surface area contributed by atoms with Crippen LogP contribution in [-0.2, 0) is 0 Å². The summed E-state index contributed by atoms with van der Waals surface area (Å²) in [5.41, 5.74) is 7.44. The molecule has 5 rings (SSSR count). The van der Waals surface area contributed by atoms with Crippen molar-refractivity contribution in [1.82, 2.24) is 5.43 Å². The van der Waals surface area contributed by atoms with Crippen LogP contribution in [0, 0.1) is 34.4 Å². The lowest BCUT2D eigenvalue weighted by Gasteiger charge is -2.57. The summed E-state index contributed by atoms with van der Waals surface area (Å²) < 4.78 is 13.1. The maximum absolute atomic E-state index is 13.1. The quantitative estimate of drug-likeness (QED) is 0.390. The van der Waals surface area contributed by atoms with E-state index in [0.717, 1.165) is 43.6 Å². The molecule has 0 radical (unpaired) electrons. The van der Waals surface area contributed by atoms with Crippen LogP contribution in [0.5, 0.6) is 0 Å². The zero-order valence-corrected chi connectivity index (χ0v) is 18.1. The van der Waals surface area contributed by atoms with Crippen molar-refractivity contribution in [3.05, 3.63) is 59.1 Å². The van der Waals surface area contributed by atoms with E-state index in [1.54, 1.807) is 18.3 Å². The van der Waals surface area contributed by atoms with Crippen LogP contribution in [0.1, 0.15) is 64.4 Å². The standard InChI is InChI=1S/C26H33FN2O/c1-25-13-11-20(30)15-18(25)5-8-21-22-9-10-24(26(22,2)14-12-23(21)25)29-28-16-17-3-6-19(27)7-4-17/h3-7,10,16,20-23,29-30H,8-9,11-15H2,1-2H3. The molecule has 0 spiro atoms. The van der Waals surface area contributed by atoms with E-state index in [2.05, 4.69) is 36.5 Å². The molecule has 160 valence electrons. The number of rotatable bonds is 3. The van der Waals surface area contributed by atoms with Crippen LogP contribution < -0.4 is 5.43 Å². The summed E-state index contributed by atoms with van der Waals surface area (Å²) >= 11 is 0. The summed E-state index contributed by atoms with van der Waals surface area (Å²) in [6, 6.07) is 6.41. The third-order valence-electron chi connectivity index (χ3n) is 8.93. The van der Waals surface area contributed by atoms with Gasteiger partial charge in [0.05, 0.1) is 12.3 Å². The Labute approximate surface area is 179 Å². The largest absolute Gasteiger partial charge is 0.393 e. The Morgan fingerprint density at radius 2 is 1.80 bits per heavy atom. The van der Waals surface area contributed by atoms with Crippen molar-refractivity contribution in [2.75, 3.05) is 0 Å². The molecule has 4 aliphatic carbocycles. The van der Waals surface area contributed by atoms with Gasteiger partial charge >= 0.3 is 0 Å². The number of nitrogens with zero attached hydrogens (tertiary/aromatic N) is 1. The SMILES string of the molecule is CC12CCC(O)CC1=CCC1C2CCC2(C)C(NN=Cc3ccc(F)cc3)=CCC12. The van der Waals surface area contributed by atoms with E-state index in [9.17, 15) is 9.50 Å². The van der Waals surface area contributed by atoms with E-state index in [1.165, 1.54) is 36.2 Å². The Balaban J connectivity index is 1.32. The lowest BCUT2D eigenvalue weighted by atomic mass is 9.48. The van der Waals surface area contributed by atoms with Crippen molar-refractivity contribution in [2.45, 2.75) is 64.9 Å². The van der Waals surface area contributed by atoms with Crippen LogP contribution in [0.25, 0.3) is 0 Å². The number of hydrogen-bond acceptors (Lipinski definition) is 3. The summed E-state index contributed by atoms with van der Waals surface area (Å²) in [7, 11) is 0. The summed E-state index contributed by atoms with van der Waals surface area (Å²) in [6.45, 7) is 4.89. The second-order valence-corrected chi connectivity index (χ2v) is 10.4. The minimum absolute atomic E-state index is 0.141. The third-order valence-corrected chi connectivity index (χ3v) is 8.93. The molecule has 6 atom stereocenters. The van der Waals surface area contributed by atoms with Gasteiger partial charge in [-0.25, -0.2) is 4.39 Å². The van der Waals surface area contributed by atoms with Gasteiger partial charge in [0, 0.05) is 11.1 Å². The first kappa shape index (κ1) is 20.0. The average molecular weight is 409 g/mol. The molecule has 0 amide bonds. The van der Waals surface area contributed by atoms with Crippen LogP contribution in [0.2, 0.25) is 0 Å². The number of nitrogens with one attached hydrogen (secondary N) is 1. The minimum Gasteiger partial charge on any atom is -0.393 e. The molecule has 2 saturated carbocycles. The molecule has 4 aliphatic rings. The van der Waals surface area contributed by atoms with Gasteiger partial charge in [0.2, 0.25) is 0 Å². The predicted molar refractivity (Wildman–Crippen MR) is 118 cm³/mol. The first-order valence-electron chi connectivity index (χ1n) is 11.5. The van der Waals surface area contributed by atoms with Gasteiger partial charge in [-0.2, -0.15) is 5.10 Å². The van der Waals surface area contributed by atoms with Gasteiger partial charge in [0.15, 0.2) is 0 Å². The molecule has 30 heavy (non-hydrogen) atoms. The molecule has 1 aromatic rings. The number of fused-ring (bicyclic) bond motifs is 5. The highest BCUT2D eigenvalue weighted by atomic mass is 19.1. The van der Waals surface area contributed by atoms with E-state index in [0.29, 0.717) is 11.8 Å². The fourth-order valence-corrected chi connectivity index (χ4v) is 7.11. The molecule has 0 bridgehead atoms. The Hall–Kier alpha value is -1.94. The number of aliphatic hydroxyl groups is 1. The molecule has 2 fully saturated rings. The van der Waals surface area contributed by atoms with Crippen LogP contribution in [0.4, 0.5) is 4.39 Å². The smallest absolute Gasteiger partial charge is 0.123 e. The number of hydrogen-bond donors (Lipinski definition) is 2. The van der Waals surface area contributed by atoms with Gasteiger partial charge in [-0.3, -0.25) is 5.43 Å². The van der Waals surface area contributed by atoms with E-state index in [4.69, 9.17) is 0 Å². The Kier molecular flexibility index (Phi) is 4.89. The number of aliphatic hydroxyl groups excluding tert-OH is 1. The van der Waals surface area contributed by atoms with E-state index < -0.39 is 0 Å². The minimum atomic E-state index is -0.225. The van der Waals surface area contributed by atoms with E-state index in [-0.39, 0.29) is 22.8 Å². The topological polar surface area (TPSA) is 44.6 Å². The maximum Gasteiger partial charge on any atom is 0.123 e. The predicted octanol–water partition coefficient (Wildman–Crippen LogP) is 5.57. The molecule has 6 unspecified atom stereocenters. The number of hydrazone groups is 1. The Morgan fingerprint density at radius 1 is 1.03 bits per heavy atom. The number of benzene rings is 1. The fraction of sp³-hybridized carbons (Fsp3) is 0.577. The monoisotopic (exact) mass is 408 g/mol. The van der Waals surface area contributed by atoms with Crippen molar-refractivity contribution in [2.24, 2.45) is 33.7 Å². The van der Waals surface area contributed by atoms with Crippen LogP contribution >= 0.6 is 0 Å². The lowest BCUT2D eigenvalue weighted by molar-refractivity contribution is -0.0308. The van der Waals surface area contributed by atoms with Gasteiger partial charge in [-0.1, -0.05) is 43.7 Å². The molecule has 4 heteroatoms. The molecule has 0 aromatic heterocycles. The van der Waals surface area contributed by atoms with Crippen molar-refractivity contribution in [3.8, 4) is 0 Å². The molecular formula is C26H33FN2O. The molecule has 1 aromatic carbocycles. The van der Waals surface area contributed by atoms with Crippen molar-refractivity contribution in [1.29, 1.82) is 0 Å². The van der Waals surface area contributed by atoms with Gasteiger partial charge in [0.1, 0.15) is 5.82 Å². The van der Waals surface area contributed by atoms with Crippen LogP contribution in [0.15, 0.2) is 52.8 Å². The second-order valence-electron chi connectivity index (χ2n) is 10.4. The normalized spacial score (nSPS) is 40.3. The van der Waals surface area contributed by atoms with Gasteiger partial charge < -0.3 is 5.11 Å². The van der Waals surface area contributed by atoms with Crippen molar-refractivity contribution in [3.63, 3.8) is 0 Å². The van der Waals surface area contributed by atoms with Crippen LogP contribution in [0.3, 0.4) is 0 Å². The zero-order valence-electron chi connectivity index (χ0n) is 18.1. The summed E-state index contributed by atoms with van der Waals surface area (Å²) in [5, 5.41) is 14.6. The molecule has 0 heterocycles. The van der Waals surface area contributed by atoms with E-state index in [1.807, 2.05) is 0 Å². The average Bonchev–Trinajstić information content (AvgIpc) is 3.06. The van der Waals surface area contributed by atoms with Crippen molar-refractivity contribution >= 4 is 6.21 Å². The lowest BCUT2D eigenvalue weighted by Crippen LogP contribution is -2.50. The highest BCUT2D eigenvalue weighted by molar-refractivity contribution is 5.79. The van der Waals surface area contributed by atoms with Gasteiger partial charge in [-0.15, -0.1) is 0 Å². The number of halogens is 1. The van der Waals surface area contributed by atoms with E-state index >= 15 is 0 Å². The first-order valence-corrected chi connectivity index (χ1v) is 11.5. The molecule has 2 N–H and O–H groups in total. The Bertz CT molecular complexity index is 904. The molecular weight excluding hydrogens is 375 g/mol. The van der Waals surface area contributed by atoms with Crippen LogP contribution in [-0.4, -0.2) is 17.4 Å². The molecule has 3 nitrogen and oxygen atoms in total. The highest BCUT2D eigenvalue weighted by Crippen LogP contribution is 2.64. The fourth-order valence-electron chi connectivity index (χ4n) is 7.11.